The largest absolute Gasteiger partial charge is 0.258 e. The number of nitrogens with zero attached hydrogens (tertiary/aromatic N) is 2. The van der Waals surface area contributed by atoms with E-state index >= 15 is 0 Å². The normalized spacial score (nSPS) is 12.9. The van der Waals surface area contributed by atoms with Gasteiger partial charge >= 0.3 is 0 Å². The van der Waals surface area contributed by atoms with Gasteiger partial charge in [-0.05, 0) is 18.9 Å². The van der Waals surface area contributed by atoms with E-state index in [1.807, 2.05) is 23.9 Å². The number of rotatable bonds is 2. The Morgan fingerprint density at radius 3 is 2.58 bits per heavy atom. The molecule has 1 heterocycles. The summed E-state index contributed by atoms with van der Waals surface area (Å²) in [6.07, 6.45) is 7.21. The summed E-state index contributed by atoms with van der Waals surface area (Å²) in [5.41, 5.74) is 1.09. The average Bonchev–Trinajstić information content (AvgIpc) is 2.51. The standard InChI is InChI=1S/C10H14N2/c1-5-9(4)12-7-6-10(11-12)8(2)3/h1,6-9H,2-4H3. The molecular formula is C10H14N2. The Hall–Kier alpha value is -1.23. The molecule has 0 aliphatic carbocycles. The van der Waals surface area contributed by atoms with Crippen LogP contribution in [-0.4, -0.2) is 9.78 Å². The van der Waals surface area contributed by atoms with Gasteiger partial charge in [0.05, 0.1) is 5.69 Å². The summed E-state index contributed by atoms with van der Waals surface area (Å²) in [4.78, 5) is 0. The van der Waals surface area contributed by atoms with E-state index < -0.39 is 0 Å². The van der Waals surface area contributed by atoms with Gasteiger partial charge in [-0.3, -0.25) is 4.68 Å². The van der Waals surface area contributed by atoms with Gasteiger partial charge in [0.25, 0.3) is 0 Å². The minimum Gasteiger partial charge on any atom is -0.258 e. The first-order valence-electron chi connectivity index (χ1n) is 4.16. The van der Waals surface area contributed by atoms with Gasteiger partial charge in [0.1, 0.15) is 6.04 Å². The topological polar surface area (TPSA) is 17.8 Å². The number of aromatic nitrogens is 2. The molecule has 1 aromatic heterocycles. The van der Waals surface area contributed by atoms with E-state index in [0.717, 1.165) is 5.69 Å². The lowest BCUT2D eigenvalue weighted by Crippen LogP contribution is -2.03. The van der Waals surface area contributed by atoms with Crippen molar-refractivity contribution in [1.82, 2.24) is 9.78 Å². The number of hydrogen-bond acceptors (Lipinski definition) is 1. The van der Waals surface area contributed by atoms with Gasteiger partial charge in [-0.25, -0.2) is 0 Å². The summed E-state index contributed by atoms with van der Waals surface area (Å²) < 4.78 is 1.81. The van der Waals surface area contributed by atoms with Gasteiger partial charge in [-0.2, -0.15) is 5.10 Å². The second-order valence-corrected chi connectivity index (χ2v) is 3.22. The molecule has 0 radical (unpaired) electrons. The van der Waals surface area contributed by atoms with Crippen LogP contribution in [0.4, 0.5) is 0 Å². The third-order valence-electron chi connectivity index (χ3n) is 1.86. The maximum absolute atomic E-state index is 5.28. The zero-order valence-corrected chi connectivity index (χ0v) is 7.78. The van der Waals surface area contributed by atoms with E-state index in [-0.39, 0.29) is 6.04 Å². The van der Waals surface area contributed by atoms with Crippen molar-refractivity contribution < 1.29 is 0 Å². The molecule has 0 bridgehead atoms. The molecule has 64 valence electrons. The van der Waals surface area contributed by atoms with Gasteiger partial charge in [-0.1, -0.05) is 19.8 Å². The molecule has 0 amide bonds. The molecule has 0 saturated heterocycles. The van der Waals surface area contributed by atoms with Gasteiger partial charge in [0, 0.05) is 6.20 Å². The monoisotopic (exact) mass is 162 g/mol. The molecule has 2 nitrogen and oxygen atoms in total. The Morgan fingerprint density at radius 2 is 2.17 bits per heavy atom. The Morgan fingerprint density at radius 1 is 1.50 bits per heavy atom. The van der Waals surface area contributed by atoms with Crippen LogP contribution >= 0.6 is 0 Å². The summed E-state index contributed by atoms with van der Waals surface area (Å²) in [5, 5.41) is 4.35. The summed E-state index contributed by atoms with van der Waals surface area (Å²) in [7, 11) is 0. The first-order valence-corrected chi connectivity index (χ1v) is 4.16. The molecule has 2 heteroatoms. The zero-order chi connectivity index (χ0) is 9.14. The van der Waals surface area contributed by atoms with Crippen molar-refractivity contribution in [3.8, 4) is 12.3 Å². The highest BCUT2D eigenvalue weighted by molar-refractivity contribution is 5.06. The van der Waals surface area contributed by atoms with Crippen LogP contribution in [0.25, 0.3) is 0 Å². The molecule has 1 rings (SSSR count). The lowest BCUT2D eigenvalue weighted by molar-refractivity contribution is 0.582. The maximum atomic E-state index is 5.28. The van der Waals surface area contributed by atoms with Crippen LogP contribution in [0, 0.1) is 12.3 Å². The molecule has 0 N–H and O–H groups in total. The van der Waals surface area contributed by atoms with E-state index in [1.165, 1.54) is 0 Å². The van der Waals surface area contributed by atoms with Crippen LogP contribution in [0.3, 0.4) is 0 Å². The highest BCUT2D eigenvalue weighted by atomic mass is 15.3. The average molecular weight is 162 g/mol. The first kappa shape index (κ1) is 8.86. The number of terminal acetylenes is 1. The van der Waals surface area contributed by atoms with Crippen molar-refractivity contribution in [3.05, 3.63) is 18.0 Å². The molecular weight excluding hydrogens is 148 g/mol. The highest BCUT2D eigenvalue weighted by Gasteiger charge is 2.05. The molecule has 12 heavy (non-hydrogen) atoms. The fraction of sp³-hybridized carbons (Fsp3) is 0.500. The zero-order valence-electron chi connectivity index (χ0n) is 7.78. The third kappa shape index (κ3) is 1.68. The van der Waals surface area contributed by atoms with Crippen molar-refractivity contribution in [1.29, 1.82) is 0 Å². The van der Waals surface area contributed by atoms with Gasteiger partial charge in [0.15, 0.2) is 0 Å². The smallest absolute Gasteiger partial charge is 0.109 e. The first-order chi connectivity index (χ1) is 5.65. The van der Waals surface area contributed by atoms with Crippen LogP contribution in [0.5, 0.6) is 0 Å². The van der Waals surface area contributed by atoms with Gasteiger partial charge < -0.3 is 0 Å². The Labute approximate surface area is 73.6 Å². The Bertz CT molecular complexity index is 291. The van der Waals surface area contributed by atoms with Crippen LogP contribution in [0.15, 0.2) is 12.3 Å². The summed E-state index contributed by atoms with van der Waals surface area (Å²) in [6, 6.07) is 2.07. The van der Waals surface area contributed by atoms with E-state index in [0.29, 0.717) is 5.92 Å². The fourth-order valence-corrected chi connectivity index (χ4v) is 0.953. The molecule has 1 unspecified atom stereocenters. The van der Waals surface area contributed by atoms with Gasteiger partial charge in [0.2, 0.25) is 0 Å². The van der Waals surface area contributed by atoms with Crippen molar-refractivity contribution in [2.24, 2.45) is 0 Å². The second kappa shape index (κ2) is 3.44. The van der Waals surface area contributed by atoms with Crippen molar-refractivity contribution >= 4 is 0 Å². The van der Waals surface area contributed by atoms with E-state index in [2.05, 4.69) is 24.9 Å². The molecule has 1 aromatic rings. The van der Waals surface area contributed by atoms with E-state index in [9.17, 15) is 0 Å². The van der Waals surface area contributed by atoms with E-state index in [4.69, 9.17) is 6.42 Å². The molecule has 0 fully saturated rings. The van der Waals surface area contributed by atoms with E-state index in [1.54, 1.807) is 0 Å². The van der Waals surface area contributed by atoms with Crippen LogP contribution in [0.1, 0.15) is 38.4 Å². The lowest BCUT2D eigenvalue weighted by atomic mass is 10.1. The molecule has 0 aromatic carbocycles. The summed E-state index contributed by atoms with van der Waals surface area (Å²) >= 11 is 0. The molecule has 0 saturated carbocycles. The van der Waals surface area contributed by atoms with Crippen molar-refractivity contribution in [3.63, 3.8) is 0 Å². The highest BCUT2D eigenvalue weighted by Crippen LogP contribution is 2.12. The van der Waals surface area contributed by atoms with Crippen LogP contribution < -0.4 is 0 Å². The molecule has 0 spiro atoms. The van der Waals surface area contributed by atoms with Crippen molar-refractivity contribution in [2.45, 2.75) is 32.7 Å². The fourth-order valence-electron chi connectivity index (χ4n) is 0.953. The quantitative estimate of drug-likeness (QED) is 0.609. The Balaban J connectivity index is 2.86. The minimum atomic E-state index is 0.0532. The lowest BCUT2D eigenvalue weighted by Gasteiger charge is -2.03. The Kier molecular flexibility index (Phi) is 2.54. The predicted molar refractivity (Wildman–Crippen MR) is 49.9 cm³/mol. The van der Waals surface area contributed by atoms with Gasteiger partial charge in [-0.15, -0.1) is 6.42 Å². The third-order valence-corrected chi connectivity index (χ3v) is 1.86. The number of hydrogen-bond donors (Lipinski definition) is 0. The minimum absolute atomic E-state index is 0.0532. The molecule has 0 aliphatic rings. The summed E-state index contributed by atoms with van der Waals surface area (Å²) in [6.45, 7) is 6.19. The van der Waals surface area contributed by atoms with Crippen molar-refractivity contribution in [2.75, 3.05) is 0 Å². The summed E-state index contributed by atoms with van der Waals surface area (Å²) in [5.74, 6) is 3.10. The maximum Gasteiger partial charge on any atom is 0.109 e. The van der Waals surface area contributed by atoms with Crippen LogP contribution in [-0.2, 0) is 0 Å². The van der Waals surface area contributed by atoms with Crippen LogP contribution in [0.2, 0.25) is 0 Å². The molecule has 0 aliphatic heterocycles. The second-order valence-electron chi connectivity index (χ2n) is 3.22. The SMILES string of the molecule is C#CC(C)n1ccc(C(C)C)n1. The molecule has 1 atom stereocenters. The predicted octanol–water partition coefficient (Wildman–Crippen LogP) is 2.20.